The molecule has 1 aromatic carbocycles. The lowest BCUT2D eigenvalue weighted by Crippen LogP contribution is -2.20. The summed E-state index contributed by atoms with van der Waals surface area (Å²) in [5.74, 6) is 1.64. The molecule has 0 aliphatic heterocycles. The molecule has 1 aliphatic rings. The molecule has 1 aromatic heterocycles. The number of nitrogens with zero attached hydrogens (tertiary/aromatic N) is 2. The van der Waals surface area contributed by atoms with E-state index in [4.69, 9.17) is 4.52 Å². The maximum atomic E-state index is 10.2. The Morgan fingerprint density at radius 3 is 2.90 bits per heavy atom. The molecule has 1 saturated carbocycles. The lowest BCUT2D eigenvalue weighted by Gasteiger charge is -2.14. The van der Waals surface area contributed by atoms with Crippen molar-refractivity contribution < 1.29 is 9.63 Å². The molecule has 1 atom stereocenters. The van der Waals surface area contributed by atoms with Crippen LogP contribution in [-0.2, 0) is 12.8 Å². The summed E-state index contributed by atoms with van der Waals surface area (Å²) in [7, 11) is 0. The average Bonchev–Trinajstić information content (AvgIpc) is 3.10. The molecule has 21 heavy (non-hydrogen) atoms. The molecule has 0 saturated heterocycles. The Bertz CT molecular complexity index is 588. The summed E-state index contributed by atoms with van der Waals surface area (Å²) in [5, 5.41) is 14.2. The van der Waals surface area contributed by atoms with Gasteiger partial charge in [0.15, 0.2) is 5.82 Å². The van der Waals surface area contributed by atoms with E-state index < -0.39 is 0 Å². The van der Waals surface area contributed by atoms with Crippen molar-refractivity contribution >= 4 is 0 Å². The second kappa shape index (κ2) is 6.39. The lowest BCUT2D eigenvalue weighted by molar-refractivity contribution is 0.102. The maximum Gasteiger partial charge on any atom is 0.229 e. The minimum absolute atomic E-state index is 0.347. The smallest absolute Gasteiger partial charge is 0.229 e. The van der Waals surface area contributed by atoms with Gasteiger partial charge >= 0.3 is 0 Å². The third-order valence-corrected chi connectivity index (χ3v) is 4.28. The van der Waals surface area contributed by atoms with Crippen LogP contribution in [0.15, 0.2) is 28.8 Å². The van der Waals surface area contributed by atoms with Crippen molar-refractivity contribution in [3.8, 4) is 0 Å². The van der Waals surface area contributed by atoms with Crippen molar-refractivity contribution in [2.75, 3.05) is 0 Å². The molecular formula is C17H22N2O2. The topological polar surface area (TPSA) is 59.2 Å². The molecule has 1 unspecified atom stereocenters. The highest BCUT2D eigenvalue weighted by atomic mass is 16.5. The molecule has 0 bridgehead atoms. The minimum Gasteiger partial charge on any atom is -0.392 e. The van der Waals surface area contributed by atoms with Crippen molar-refractivity contribution in [3.63, 3.8) is 0 Å². The number of aromatic nitrogens is 2. The Hall–Kier alpha value is -1.68. The monoisotopic (exact) mass is 286 g/mol. The van der Waals surface area contributed by atoms with Gasteiger partial charge in [0.25, 0.3) is 0 Å². The highest BCUT2D eigenvalue weighted by molar-refractivity contribution is 5.24. The van der Waals surface area contributed by atoms with Crippen molar-refractivity contribution in [2.24, 2.45) is 5.92 Å². The molecule has 1 N–H and O–H groups in total. The van der Waals surface area contributed by atoms with Gasteiger partial charge in [0.05, 0.1) is 12.5 Å². The number of aliphatic hydroxyl groups excluding tert-OH is 1. The molecule has 1 fully saturated rings. The molecule has 4 nitrogen and oxygen atoms in total. The van der Waals surface area contributed by atoms with E-state index in [-0.39, 0.29) is 6.10 Å². The maximum absolute atomic E-state index is 10.2. The first-order valence-corrected chi connectivity index (χ1v) is 7.76. The van der Waals surface area contributed by atoms with E-state index in [1.807, 2.05) is 6.07 Å². The first-order valence-electron chi connectivity index (χ1n) is 7.76. The molecule has 0 radical (unpaired) electrons. The molecular weight excluding hydrogens is 264 g/mol. The van der Waals surface area contributed by atoms with Crippen LogP contribution in [0.3, 0.4) is 0 Å². The number of aryl methyl sites for hydroxylation is 1. The summed E-state index contributed by atoms with van der Waals surface area (Å²) in [5.41, 5.74) is 2.41. The SMILES string of the molecule is Cc1cccc(Cc2noc(CC(O)C3CCCC3)n2)c1. The second-order valence-electron chi connectivity index (χ2n) is 6.09. The zero-order chi connectivity index (χ0) is 14.7. The number of hydrogen-bond donors (Lipinski definition) is 1. The normalized spacial score (nSPS) is 17.2. The van der Waals surface area contributed by atoms with Crippen molar-refractivity contribution in [1.82, 2.24) is 10.1 Å². The summed E-state index contributed by atoms with van der Waals surface area (Å²) in [6, 6.07) is 8.30. The molecule has 0 spiro atoms. The van der Waals surface area contributed by atoms with E-state index in [0.29, 0.717) is 30.5 Å². The predicted molar refractivity (Wildman–Crippen MR) is 80.0 cm³/mol. The van der Waals surface area contributed by atoms with E-state index in [1.165, 1.54) is 24.0 Å². The van der Waals surface area contributed by atoms with E-state index in [9.17, 15) is 5.11 Å². The summed E-state index contributed by atoms with van der Waals surface area (Å²) >= 11 is 0. The quantitative estimate of drug-likeness (QED) is 0.917. The van der Waals surface area contributed by atoms with E-state index in [0.717, 1.165) is 12.8 Å². The largest absolute Gasteiger partial charge is 0.392 e. The van der Waals surface area contributed by atoms with Crippen LogP contribution < -0.4 is 0 Å². The molecule has 4 heteroatoms. The van der Waals surface area contributed by atoms with Crippen LogP contribution in [0.2, 0.25) is 0 Å². The third-order valence-electron chi connectivity index (χ3n) is 4.28. The first-order chi connectivity index (χ1) is 10.2. The minimum atomic E-state index is -0.347. The Morgan fingerprint density at radius 1 is 1.33 bits per heavy atom. The molecule has 1 aliphatic carbocycles. The number of aliphatic hydroxyl groups is 1. The van der Waals surface area contributed by atoms with Gasteiger partial charge in [0, 0.05) is 6.42 Å². The molecule has 0 amide bonds. The van der Waals surface area contributed by atoms with Crippen LogP contribution in [0.5, 0.6) is 0 Å². The van der Waals surface area contributed by atoms with Gasteiger partial charge in [-0.1, -0.05) is 47.8 Å². The van der Waals surface area contributed by atoms with Gasteiger partial charge in [-0.2, -0.15) is 4.98 Å². The van der Waals surface area contributed by atoms with Gasteiger partial charge in [0.1, 0.15) is 0 Å². The highest BCUT2D eigenvalue weighted by Crippen LogP contribution is 2.28. The van der Waals surface area contributed by atoms with Gasteiger partial charge in [-0.25, -0.2) is 0 Å². The van der Waals surface area contributed by atoms with Gasteiger partial charge in [-0.3, -0.25) is 0 Å². The fraction of sp³-hybridized carbons (Fsp3) is 0.529. The fourth-order valence-corrected chi connectivity index (χ4v) is 3.14. The highest BCUT2D eigenvalue weighted by Gasteiger charge is 2.25. The van der Waals surface area contributed by atoms with E-state index >= 15 is 0 Å². The fourth-order valence-electron chi connectivity index (χ4n) is 3.14. The predicted octanol–water partition coefficient (Wildman–Crippen LogP) is 3.06. The van der Waals surface area contributed by atoms with E-state index in [2.05, 4.69) is 35.3 Å². The Kier molecular flexibility index (Phi) is 4.34. The Morgan fingerprint density at radius 2 is 2.14 bits per heavy atom. The van der Waals surface area contributed by atoms with Crippen LogP contribution in [0.4, 0.5) is 0 Å². The summed E-state index contributed by atoms with van der Waals surface area (Å²) < 4.78 is 5.28. The number of rotatable bonds is 5. The molecule has 2 aromatic rings. The Balaban J connectivity index is 1.60. The van der Waals surface area contributed by atoms with Crippen LogP contribution in [0.1, 0.15) is 48.5 Å². The van der Waals surface area contributed by atoms with Crippen LogP contribution in [-0.4, -0.2) is 21.4 Å². The van der Waals surface area contributed by atoms with Crippen molar-refractivity contribution in [2.45, 2.75) is 51.6 Å². The van der Waals surface area contributed by atoms with Gasteiger partial charge in [-0.05, 0) is 31.2 Å². The number of benzene rings is 1. The zero-order valence-corrected chi connectivity index (χ0v) is 12.5. The van der Waals surface area contributed by atoms with Crippen molar-refractivity contribution in [3.05, 3.63) is 47.1 Å². The molecule has 112 valence electrons. The summed E-state index contributed by atoms with van der Waals surface area (Å²) in [6.07, 6.45) is 5.49. The third kappa shape index (κ3) is 3.70. The van der Waals surface area contributed by atoms with Crippen LogP contribution >= 0.6 is 0 Å². The van der Waals surface area contributed by atoms with Gasteiger partial charge in [-0.15, -0.1) is 0 Å². The van der Waals surface area contributed by atoms with Crippen LogP contribution in [0, 0.1) is 12.8 Å². The lowest BCUT2D eigenvalue weighted by atomic mass is 9.98. The van der Waals surface area contributed by atoms with Crippen molar-refractivity contribution in [1.29, 1.82) is 0 Å². The molecule has 3 rings (SSSR count). The van der Waals surface area contributed by atoms with Gasteiger partial charge in [0.2, 0.25) is 5.89 Å². The molecule has 1 heterocycles. The van der Waals surface area contributed by atoms with E-state index in [1.54, 1.807) is 0 Å². The number of hydrogen-bond acceptors (Lipinski definition) is 4. The second-order valence-corrected chi connectivity index (χ2v) is 6.09. The van der Waals surface area contributed by atoms with Gasteiger partial charge < -0.3 is 9.63 Å². The summed E-state index contributed by atoms with van der Waals surface area (Å²) in [6.45, 7) is 2.07. The Labute approximate surface area is 125 Å². The zero-order valence-electron chi connectivity index (χ0n) is 12.5. The standard InChI is InChI=1S/C17H22N2O2/c1-12-5-4-6-13(9-12)10-16-18-17(21-19-16)11-15(20)14-7-2-3-8-14/h4-6,9,14-15,20H,2-3,7-8,10-11H2,1H3. The average molecular weight is 286 g/mol. The first kappa shape index (κ1) is 14.3. The summed E-state index contributed by atoms with van der Waals surface area (Å²) in [4.78, 5) is 4.41. The van der Waals surface area contributed by atoms with Crippen LogP contribution in [0.25, 0.3) is 0 Å².